The Labute approximate surface area is 180 Å². The summed E-state index contributed by atoms with van der Waals surface area (Å²) < 4.78 is 62.5. The van der Waals surface area contributed by atoms with Crippen LogP contribution in [0.15, 0.2) is 35.4 Å². The maximum Gasteiger partial charge on any atom is 0.501 e. The molecule has 1 fully saturated rings. The lowest BCUT2D eigenvalue weighted by molar-refractivity contribution is -0.856. The average molecular weight is 472 g/mol. The van der Waals surface area contributed by atoms with E-state index in [1.165, 1.54) is 10.9 Å². The van der Waals surface area contributed by atoms with Crippen LogP contribution in [-0.2, 0) is 15.4 Å². The molecule has 10 nitrogen and oxygen atoms in total. The van der Waals surface area contributed by atoms with Gasteiger partial charge in [-0.05, 0) is 24.3 Å². The highest BCUT2D eigenvalue weighted by molar-refractivity contribution is 7.92. The van der Waals surface area contributed by atoms with Crippen LogP contribution in [0.4, 0.5) is 24.7 Å². The number of hydrogen-bond donors (Lipinski definition) is 3. The number of nitrogens with two attached hydrogens (primary N) is 1. The Morgan fingerprint density at radius 2 is 1.91 bits per heavy atom. The normalized spacial score (nSPS) is 21.7. The van der Waals surface area contributed by atoms with Crippen molar-refractivity contribution in [3.63, 3.8) is 0 Å². The van der Waals surface area contributed by atoms with Crippen molar-refractivity contribution >= 4 is 27.2 Å². The number of hydroxylamine groups is 2. The molecule has 0 radical (unpaired) electrons. The Balaban J connectivity index is 1.93. The van der Waals surface area contributed by atoms with Gasteiger partial charge >= 0.3 is 5.51 Å². The molecule has 1 saturated heterocycles. The smallest absolute Gasteiger partial charge is 0.501 e. The minimum Gasteiger partial charge on any atom is -0.634 e. The topological polar surface area (TPSA) is 158 Å². The van der Waals surface area contributed by atoms with Crippen LogP contribution in [0.25, 0.3) is 0 Å². The highest BCUT2D eigenvalue weighted by Crippen LogP contribution is 2.33. The molecule has 1 amide bonds. The molecule has 0 bridgehead atoms. The molecular formula is C18H19F3N6O4S. The third-order valence-corrected chi connectivity index (χ3v) is 6.85. The number of benzene rings is 1. The lowest BCUT2D eigenvalue weighted by Crippen LogP contribution is -3.09. The second kappa shape index (κ2) is 8.41. The van der Waals surface area contributed by atoms with Crippen molar-refractivity contribution < 1.29 is 31.4 Å². The van der Waals surface area contributed by atoms with Gasteiger partial charge < -0.3 is 21.3 Å². The third kappa shape index (κ3) is 4.40. The van der Waals surface area contributed by atoms with E-state index in [9.17, 15) is 36.9 Å². The first-order valence-electron chi connectivity index (χ1n) is 9.37. The number of hydrogen-bond acceptors (Lipinski definition) is 7. The summed E-state index contributed by atoms with van der Waals surface area (Å²) in [6.45, 7) is 0.511. The molecule has 1 aliphatic rings. The van der Waals surface area contributed by atoms with Crippen molar-refractivity contribution in [3.05, 3.63) is 41.2 Å². The molecule has 172 valence electrons. The number of piperidine rings is 1. The Kier molecular flexibility index (Phi) is 6.18. The van der Waals surface area contributed by atoms with E-state index in [0.717, 1.165) is 24.3 Å². The van der Waals surface area contributed by atoms with Crippen LogP contribution in [0.1, 0.15) is 29.6 Å². The second-order valence-corrected chi connectivity index (χ2v) is 9.34. The van der Waals surface area contributed by atoms with E-state index in [0.29, 0.717) is 12.8 Å². The Hall–Kier alpha value is -3.15. The Morgan fingerprint density at radius 1 is 1.31 bits per heavy atom. The molecule has 3 rings (SSSR count). The van der Waals surface area contributed by atoms with E-state index in [-0.39, 0.29) is 41.6 Å². The molecule has 0 spiro atoms. The van der Waals surface area contributed by atoms with Gasteiger partial charge in [0.2, 0.25) is 0 Å². The van der Waals surface area contributed by atoms with Crippen LogP contribution < -0.4 is 16.1 Å². The van der Waals surface area contributed by atoms with E-state index in [2.05, 4.69) is 16.5 Å². The fraction of sp³-hybridized carbons (Fsp3) is 0.389. The van der Waals surface area contributed by atoms with Gasteiger partial charge in [0, 0.05) is 24.7 Å². The molecule has 1 aromatic carbocycles. The molecule has 4 N–H and O–H groups in total. The van der Waals surface area contributed by atoms with Gasteiger partial charge in [-0.3, -0.25) is 9.48 Å². The van der Waals surface area contributed by atoms with E-state index in [1.807, 2.05) is 0 Å². The summed E-state index contributed by atoms with van der Waals surface area (Å²) in [6, 6.07) is 5.80. The monoisotopic (exact) mass is 472 g/mol. The minimum absolute atomic E-state index is 0.0156. The van der Waals surface area contributed by atoms with Gasteiger partial charge in [-0.15, -0.1) is 0 Å². The fourth-order valence-corrected chi connectivity index (χ4v) is 4.27. The summed E-state index contributed by atoms with van der Waals surface area (Å²) in [7, 11) is -5.50. The Morgan fingerprint density at radius 3 is 2.41 bits per heavy atom. The largest absolute Gasteiger partial charge is 0.634 e. The quantitative estimate of drug-likeness (QED) is 0.525. The van der Waals surface area contributed by atoms with Crippen molar-refractivity contribution in [2.24, 2.45) is 5.73 Å². The molecule has 2 aromatic rings. The standard InChI is InChI=1S/C18H19F3N6O4S/c19-18(20,21)32(30,31)13-3-1-12(2-4-13)24-16-14(15(23)28)11-27(25-16)17(5-8-22)6-9-26(29)10-7-17/h1-4,11,26H,5-7,9-10H2,(H2,23,28)(H,24,25). The molecule has 1 aliphatic heterocycles. The first kappa shape index (κ1) is 23.5. The number of halogens is 3. The molecule has 14 heteroatoms. The minimum atomic E-state index is -5.50. The summed E-state index contributed by atoms with van der Waals surface area (Å²) in [5.74, 6) is -0.854. The molecule has 0 saturated carbocycles. The number of alkyl halides is 3. The van der Waals surface area contributed by atoms with Gasteiger partial charge in [0.05, 0.1) is 36.0 Å². The predicted octanol–water partition coefficient (Wildman–Crippen LogP) is 0.805. The third-order valence-electron chi connectivity index (χ3n) is 5.34. The number of carbonyl (C=O) groups excluding carboxylic acids is 1. The average Bonchev–Trinajstić information content (AvgIpc) is 3.14. The number of aromatic nitrogens is 2. The van der Waals surface area contributed by atoms with E-state index >= 15 is 0 Å². The summed E-state index contributed by atoms with van der Waals surface area (Å²) >= 11 is 0. The lowest BCUT2D eigenvalue weighted by Gasteiger charge is -2.40. The number of sulfone groups is 1. The number of amides is 1. The number of carbonyl (C=O) groups is 1. The van der Waals surface area contributed by atoms with Crippen molar-refractivity contribution in [3.8, 4) is 6.07 Å². The second-order valence-electron chi connectivity index (χ2n) is 7.40. The van der Waals surface area contributed by atoms with Crippen LogP contribution in [0.2, 0.25) is 0 Å². The van der Waals surface area contributed by atoms with Crippen molar-refractivity contribution in [2.75, 3.05) is 18.4 Å². The highest BCUT2D eigenvalue weighted by Gasteiger charge is 2.46. The fourth-order valence-electron chi connectivity index (χ4n) is 3.51. The number of nitrogens with zero attached hydrogens (tertiary/aromatic N) is 3. The maximum atomic E-state index is 12.7. The zero-order valence-corrected chi connectivity index (χ0v) is 17.3. The van der Waals surface area contributed by atoms with E-state index in [1.54, 1.807) is 0 Å². The molecule has 0 unspecified atom stereocenters. The molecular weight excluding hydrogens is 453 g/mol. The number of anilines is 2. The van der Waals surface area contributed by atoms with Gasteiger partial charge in [0.1, 0.15) is 5.56 Å². The van der Waals surface area contributed by atoms with Crippen molar-refractivity contribution in [1.29, 1.82) is 5.26 Å². The lowest BCUT2D eigenvalue weighted by atomic mass is 9.85. The van der Waals surface area contributed by atoms with Gasteiger partial charge in [-0.25, -0.2) is 8.42 Å². The number of nitrogens with one attached hydrogen (secondary N) is 2. The van der Waals surface area contributed by atoms with E-state index < -0.39 is 31.7 Å². The van der Waals surface area contributed by atoms with Crippen LogP contribution in [-0.4, -0.2) is 42.7 Å². The van der Waals surface area contributed by atoms with Crippen LogP contribution in [0.5, 0.6) is 0 Å². The maximum absolute atomic E-state index is 12.7. The molecule has 32 heavy (non-hydrogen) atoms. The SMILES string of the molecule is N#CCC1(n2cc(C(N)=O)c(Nc3ccc(S(=O)(=O)C(F)(F)F)cc3)n2)CC[NH+]([O-])CC1. The summed E-state index contributed by atoms with van der Waals surface area (Å²) in [5, 5.41) is 28.0. The zero-order chi connectivity index (χ0) is 23.7. The number of rotatable bonds is 6. The molecule has 0 atom stereocenters. The van der Waals surface area contributed by atoms with Gasteiger partial charge in [0.25, 0.3) is 15.7 Å². The van der Waals surface area contributed by atoms with Crippen LogP contribution in [0, 0.1) is 16.5 Å². The first-order valence-corrected chi connectivity index (χ1v) is 10.8. The number of quaternary nitrogens is 1. The van der Waals surface area contributed by atoms with Gasteiger partial charge in [0.15, 0.2) is 5.82 Å². The summed E-state index contributed by atoms with van der Waals surface area (Å²) in [6.07, 6.45) is 2.11. The number of primary amides is 1. The van der Waals surface area contributed by atoms with E-state index in [4.69, 9.17) is 5.73 Å². The highest BCUT2D eigenvalue weighted by atomic mass is 32.2. The van der Waals surface area contributed by atoms with Gasteiger partial charge in [-0.2, -0.15) is 23.5 Å². The van der Waals surface area contributed by atoms with Gasteiger partial charge in [-0.1, -0.05) is 0 Å². The first-order chi connectivity index (χ1) is 14.9. The molecule has 1 aromatic heterocycles. The van der Waals surface area contributed by atoms with Crippen LogP contribution in [0.3, 0.4) is 0 Å². The summed E-state index contributed by atoms with van der Waals surface area (Å²) in [5.41, 5.74) is -0.695. The van der Waals surface area contributed by atoms with Crippen LogP contribution >= 0.6 is 0 Å². The van der Waals surface area contributed by atoms with Crippen molar-refractivity contribution in [1.82, 2.24) is 9.78 Å². The molecule has 2 heterocycles. The van der Waals surface area contributed by atoms with Crippen molar-refractivity contribution in [2.45, 2.75) is 35.2 Å². The number of nitriles is 1. The Bertz CT molecular complexity index is 1150. The molecule has 0 aliphatic carbocycles. The predicted molar refractivity (Wildman–Crippen MR) is 105 cm³/mol. The summed E-state index contributed by atoms with van der Waals surface area (Å²) in [4.78, 5) is 11.0. The zero-order valence-electron chi connectivity index (χ0n) is 16.5.